The number of azide groups is 1. The van der Waals surface area contributed by atoms with Gasteiger partial charge in [-0.05, 0) is 17.7 Å². The van der Waals surface area contributed by atoms with Gasteiger partial charge in [0, 0.05) is 4.91 Å². The van der Waals surface area contributed by atoms with Crippen molar-refractivity contribution < 1.29 is 9.53 Å². The summed E-state index contributed by atoms with van der Waals surface area (Å²) < 4.78 is 4.94. The van der Waals surface area contributed by atoms with E-state index < -0.39 is 5.97 Å². The normalized spacial score (nSPS) is 11.3. The predicted molar refractivity (Wildman–Crippen MR) is 55.3 cm³/mol. The Morgan fingerprint density at radius 2 is 2.20 bits per heavy atom. The SMILES string of the molecule is CC(COC(=O)c1ccccc1)N=[N+]=[N-]. The Labute approximate surface area is 87.3 Å². The maximum Gasteiger partial charge on any atom is 0.338 e. The molecule has 0 heterocycles. The number of hydrogen-bond donors (Lipinski definition) is 0. The molecule has 1 atom stereocenters. The van der Waals surface area contributed by atoms with Crippen molar-refractivity contribution in [2.45, 2.75) is 13.0 Å². The molecule has 1 aromatic carbocycles. The Bertz CT molecular complexity index is 372. The highest BCUT2D eigenvalue weighted by Gasteiger charge is 2.07. The first kappa shape index (κ1) is 11.1. The van der Waals surface area contributed by atoms with Crippen LogP contribution in [0.25, 0.3) is 10.4 Å². The van der Waals surface area contributed by atoms with Gasteiger partial charge in [0.15, 0.2) is 0 Å². The van der Waals surface area contributed by atoms with Crippen molar-refractivity contribution in [2.75, 3.05) is 6.61 Å². The van der Waals surface area contributed by atoms with Crippen molar-refractivity contribution >= 4 is 5.97 Å². The van der Waals surface area contributed by atoms with Crippen LogP contribution in [0.4, 0.5) is 0 Å². The number of rotatable bonds is 4. The molecule has 0 spiro atoms. The minimum Gasteiger partial charge on any atom is -0.462 e. The Hall–Kier alpha value is -2.00. The molecule has 0 fully saturated rings. The quantitative estimate of drug-likeness (QED) is 0.328. The van der Waals surface area contributed by atoms with Gasteiger partial charge in [-0.15, -0.1) is 0 Å². The number of esters is 1. The zero-order valence-electron chi connectivity index (χ0n) is 8.33. The van der Waals surface area contributed by atoms with Gasteiger partial charge in [0.2, 0.25) is 0 Å². The van der Waals surface area contributed by atoms with Crippen molar-refractivity contribution in [1.29, 1.82) is 0 Å². The minimum absolute atomic E-state index is 0.0950. The van der Waals surface area contributed by atoms with E-state index in [-0.39, 0.29) is 12.6 Å². The maximum atomic E-state index is 11.4. The molecule has 1 aromatic rings. The van der Waals surface area contributed by atoms with Gasteiger partial charge >= 0.3 is 5.97 Å². The summed E-state index contributed by atoms with van der Waals surface area (Å²) in [5, 5.41) is 3.39. The summed E-state index contributed by atoms with van der Waals surface area (Å²) in [7, 11) is 0. The smallest absolute Gasteiger partial charge is 0.338 e. The Morgan fingerprint density at radius 1 is 1.53 bits per heavy atom. The molecule has 0 N–H and O–H groups in total. The Morgan fingerprint density at radius 3 is 2.80 bits per heavy atom. The fourth-order valence-electron chi connectivity index (χ4n) is 0.975. The van der Waals surface area contributed by atoms with E-state index in [9.17, 15) is 4.79 Å². The summed E-state index contributed by atoms with van der Waals surface area (Å²) >= 11 is 0. The minimum atomic E-state index is -0.407. The second-order valence-electron chi connectivity index (χ2n) is 3.02. The van der Waals surface area contributed by atoms with Crippen LogP contribution in [0.5, 0.6) is 0 Å². The molecule has 1 rings (SSSR count). The average Bonchev–Trinajstić information content (AvgIpc) is 2.27. The lowest BCUT2D eigenvalue weighted by atomic mass is 10.2. The van der Waals surface area contributed by atoms with Gasteiger partial charge in [-0.1, -0.05) is 30.2 Å². The van der Waals surface area contributed by atoms with E-state index in [0.717, 1.165) is 0 Å². The molecule has 0 saturated heterocycles. The highest BCUT2D eigenvalue weighted by molar-refractivity contribution is 5.89. The lowest BCUT2D eigenvalue weighted by Gasteiger charge is -2.06. The van der Waals surface area contributed by atoms with Crippen LogP contribution in [0.1, 0.15) is 17.3 Å². The lowest BCUT2D eigenvalue weighted by Crippen LogP contribution is -2.13. The van der Waals surface area contributed by atoms with Crippen molar-refractivity contribution in [3.63, 3.8) is 0 Å². The van der Waals surface area contributed by atoms with Crippen molar-refractivity contribution in [1.82, 2.24) is 0 Å². The number of ether oxygens (including phenoxy) is 1. The molecule has 0 aliphatic rings. The molecule has 0 saturated carbocycles. The van der Waals surface area contributed by atoms with Crippen LogP contribution in [-0.2, 0) is 4.74 Å². The molecule has 5 nitrogen and oxygen atoms in total. The van der Waals surface area contributed by atoms with Crippen LogP contribution in [0.3, 0.4) is 0 Å². The summed E-state index contributed by atoms with van der Waals surface area (Å²) in [5.74, 6) is -0.407. The van der Waals surface area contributed by atoms with Crippen molar-refractivity contribution in [3.8, 4) is 0 Å². The highest BCUT2D eigenvalue weighted by atomic mass is 16.5. The first-order valence-corrected chi connectivity index (χ1v) is 4.50. The van der Waals surface area contributed by atoms with E-state index in [1.807, 2.05) is 6.07 Å². The van der Waals surface area contributed by atoms with Gasteiger partial charge in [0.05, 0.1) is 18.2 Å². The number of carbonyl (C=O) groups excluding carboxylic acids is 1. The third kappa shape index (κ3) is 3.70. The molecular formula is C10H11N3O2. The second-order valence-corrected chi connectivity index (χ2v) is 3.02. The topological polar surface area (TPSA) is 75.1 Å². The number of nitrogens with zero attached hydrogens (tertiary/aromatic N) is 3. The van der Waals surface area contributed by atoms with E-state index in [0.29, 0.717) is 5.56 Å². The molecule has 78 valence electrons. The summed E-state index contributed by atoms with van der Waals surface area (Å²) in [4.78, 5) is 14.0. The van der Waals surface area contributed by atoms with E-state index in [4.69, 9.17) is 10.3 Å². The fraction of sp³-hybridized carbons (Fsp3) is 0.300. The molecule has 0 aromatic heterocycles. The molecule has 0 radical (unpaired) electrons. The van der Waals surface area contributed by atoms with Crippen molar-refractivity contribution in [2.24, 2.45) is 5.11 Å². The highest BCUT2D eigenvalue weighted by Crippen LogP contribution is 2.02. The third-order valence-electron chi connectivity index (χ3n) is 1.71. The molecule has 0 amide bonds. The number of hydrogen-bond acceptors (Lipinski definition) is 3. The standard InChI is InChI=1S/C10H11N3O2/c1-8(12-13-11)7-15-10(14)9-5-3-2-4-6-9/h2-6,8H,7H2,1H3. The zero-order chi connectivity index (χ0) is 11.1. The van der Waals surface area contributed by atoms with Crippen molar-refractivity contribution in [3.05, 3.63) is 46.3 Å². The summed E-state index contributed by atoms with van der Waals surface area (Å²) in [5.41, 5.74) is 8.63. The molecule has 15 heavy (non-hydrogen) atoms. The van der Waals surface area contributed by atoms with Crippen LogP contribution in [-0.4, -0.2) is 18.6 Å². The summed E-state index contributed by atoms with van der Waals surface area (Å²) in [6, 6.07) is 8.32. The molecule has 0 aliphatic carbocycles. The molecule has 0 bridgehead atoms. The van der Waals surface area contributed by atoms with Crippen LogP contribution in [0.2, 0.25) is 0 Å². The Balaban J connectivity index is 2.47. The van der Waals surface area contributed by atoms with Gasteiger partial charge in [-0.3, -0.25) is 0 Å². The van der Waals surface area contributed by atoms with E-state index in [2.05, 4.69) is 10.0 Å². The average molecular weight is 205 g/mol. The number of benzene rings is 1. The van der Waals surface area contributed by atoms with E-state index >= 15 is 0 Å². The number of carbonyl (C=O) groups is 1. The second kappa shape index (κ2) is 5.67. The van der Waals surface area contributed by atoms with Gasteiger partial charge in [0.25, 0.3) is 0 Å². The molecule has 1 unspecified atom stereocenters. The molecular weight excluding hydrogens is 194 g/mol. The van der Waals surface area contributed by atoms with Gasteiger partial charge in [-0.2, -0.15) is 0 Å². The van der Waals surface area contributed by atoms with E-state index in [1.54, 1.807) is 31.2 Å². The van der Waals surface area contributed by atoms with Crippen LogP contribution in [0, 0.1) is 0 Å². The monoisotopic (exact) mass is 205 g/mol. The first-order chi connectivity index (χ1) is 7.24. The van der Waals surface area contributed by atoms with Crippen LogP contribution in [0.15, 0.2) is 35.4 Å². The lowest BCUT2D eigenvalue weighted by molar-refractivity contribution is 0.0487. The van der Waals surface area contributed by atoms with Gasteiger partial charge in [-0.25, -0.2) is 4.79 Å². The third-order valence-corrected chi connectivity index (χ3v) is 1.71. The van der Waals surface area contributed by atoms with Gasteiger partial charge < -0.3 is 4.74 Å². The fourth-order valence-corrected chi connectivity index (χ4v) is 0.975. The molecule has 0 aliphatic heterocycles. The summed E-state index contributed by atoms with van der Waals surface area (Å²) in [6.45, 7) is 1.77. The first-order valence-electron chi connectivity index (χ1n) is 4.50. The molecule has 5 heteroatoms. The zero-order valence-corrected chi connectivity index (χ0v) is 8.33. The van der Waals surface area contributed by atoms with Gasteiger partial charge in [0.1, 0.15) is 0 Å². The maximum absolute atomic E-state index is 11.4. The van der Waals surface area contributed by atoms with Crippen LogP contribution >= 0.6 is 0 Å². The summed E-state index contributed by atoms with van der Waals surface area (Å²) in [6.07, 6.45) is 0. The largest absolute Gasteiger partial charge is 0.462 e. The van der Waals surface area contributed by atoms with E-state index in [1.165, 1.54) is 0 Å². The Kier molecular flexibility index (Phi) is 4.19. The van der Waals surface area contributed by atoms with Crippen LogP contribution < -0.4 is 0 Å². The predicted octanol–water partition coefficient (Wildman–Crippen LogP) is 2.54.